The Morgan fingerprint density at radius 3 is 2.25 bits per heavy atom. The van der Waals surface area contributed by atoms with Crippen LogP contribution in [0.25, 0.3) is 0 Å². The average Bonchev–Trinajstić information content (AvgIpc) is 3.53. The fraction of sp³-hybridized carbons (Fsp3) is 0.395. The highest BCUT2D eigenvalue weighted by Crippen LogP contribution is 2.62. The molecule has 3 aliphatic carbocycles. The Balaban J connectivity index is 0.968. The number of ether oxygens (including phenoxy) is 2. The summed E-state index contributed by atoms with van der Waals surface area (Å²) >= 11 is 0. The topological polar surface area (TPSA) is 156 Å². The molecule has 55 heavy (non-hydrogen) atoms. The number of carbonyl (C=O) groups excluding carboxylic acids is 2. The molecule has 4 aromatic carbocycles. The molecule has 2 fully saturated rings. The second kappa shape index (κ2) is 16.6. The third-order valence-corrected chi connectivity index (χ3v) is 13.1. The van der Waals surface area contributed by atoms with E-state index in [2.05, 4.69) is 18.3 Å². The molecular formula is C43H49N2O9P. The lowest BCUT2D eigenvalue weighted by Crippen LogP contribution is -2.44. The average molecular weight is 769 g/mol. The van der Waals surface area contributed by atoms with Gasteiger partial charge in [0, 0.05) is 0 Å². The van der Waals surface area contributed by atoms with E-state index in [1.165, 1.54) is 30.4 Å². The molecule has 12 heteroatoms. The summed E-state index contributed by atoms with van der Waals surface area (Å²) in [4.78, 5) is 24.7. The number of phosphoric ester groups is 1. The first kappa shape index (κ1) is 38.6. The maximum absolute atomic E-state index is 14.1. The van der Waals surface area contributed by atoms with Gasteiger partial charge in [0.25, 0.3) is 5.91 Å². The zero-order valence-corrected chi connectivity index (χ0v) is 32.2. The molecule has 3 aliphatic rings. The van der Waals surface area contributed by atoms with E-state index < -0.39 is 19.5 Å². The molecule has 7 rings (SSSR count). The number of anilines is 1. The molecule has 11 nitrogen and oxygen atoms in total. The van der Waals surface area contributed by atoms with Crippen molar-refractivity contribution in [3.05, 3.63) is 119 Å². The number of amides is 2. The number of primary amides is 1. The standard InChI is InChI=1S/C43H49N2O9P/c1-43-23-21-33-32-16-14-31(54-55(49,52-26-28-9-5-3-6-10-28)53-27-29-11-7-4-8-12-29)25-30(32)13-15-34(33)35(43)17-20-38(43)51-24-22-39(46)45-36-18-19-37(50-2)40(41(36)47)42(44)48/h3-12,14,16,18-19,25,33-35,38,47H,13,15,17,20-24,26-27H2,1-2H3,(H2,44,48)(H,45,46)/t33?,34?,35?,38-,43-/m0/s1. The molecule has 0 radical (unpaired) electrons. The smallest absolute Gasteiger partial charge is 0.505 e. The van der Waals surface area contributed by atoms with Crippen molar-refractivity contribution in [1.82, 2.24) is 0 Å². The predicted molar refractivity (Wildman–Crippen MR) is 208 cm³/mol. The van der Waals surface area contributed by atoms with Crippen LogP contribution in [0.2, 0.25) is 0 Å². The summed E-state index contributed by atoms with van der Waals surface area (Å²) in [7, 11) is -2.62. The number of aryl methyl sites for hydroxylation is 1. The van der Waals surface area contributed by atoms with Gasteiger partial charge < -0.3 is 30.2 Å². The number of hydrogen-bond donors (Lipinski definition) is 3. The predicted octanol–water partition coefficient (Wildman–Crippen LogP) is 8.69. The molecule has 3 unspecified atom stereocenters. The fourth-order valence-corrected chi connectivity index (χ4v) is 10.3. The Morgan fingerprint density at radius 1 is 0.909 bits per heavy atom. The Kier molecular flexibility index (Phi) is 11.6. The van der Waals surface area contributed by atoms with E-state index in [-0.39, 0.29) is 60.7 Å². The van der Waals surface area contributed by atoms with Crippen molar-refractivity contribution in [2.45, 2.75) is 77.1 Å². The zero-order chi connectivity index (χ0) is 38.6. The van der Waals surface area contributed by atoms with Crippen LogP contribution < -0.4 is 20.3 Å². The molecule has 4 aromatic rings. The van der Waals surface area contributed by atoms with Crippen LogP contribution in [0.5, 0.6) is 17.2 Å². The third kappa shape index (κ3) is 8.45. The van der Waals surface area contributed by atoms with Crippen molar-refractivity contribution < 1.29 is 42.3 Å². The van der Waals surface area contributed by atoms with Gasteiger partial charge in [-0.15, -0.1) is 0 Å². The maximum atomic E-state index is 14.1. The molecule has 0 aliphatic heterocycles. The van der Waals surface area contributed by atoms with Gasteiger partial charge in [-0.2, -0.15) is 0 Å². The van der Waals surface area contributed by atoms with Crippen LogP contribution in [0.1, 0.15) is 84.0 Å². The first-order valence-electron chi connectivity index (χ1n) is 19.0. The zero-order valence-electron chi connectivity index (χ0n) is 31.3. The van der Waals surface area contributed by atoms with Crippen LogP contribution in [0.3, 0.4) is 0 Å². The number of hydrogen-bond acceptors (Lipinski definition) is 9. The van der Waals surface area contributed by atoms with Crippen LogP contribution in [-0.2, 0) is 42.8 Å². The number of aromatic hydroxyl groups is 1. The normalized spacial score (nSPS) is 22.9. The molecular weight excluding hydrogens is 719 g/mol. The maximum Gasteiger partial charge on any atom is 0.530 e. The van der Waals surface area contributed by atoms with Gasteiger partial charge in [-0.25, -0.2) is 4.57 Å². The van der Waals surface area contributed by atoms with Crippen molar-refractivity contribution >= 4 is 25.3 Å². The largest absolute Gasteiger partial charge is 0.530 e. The number of methoxy groups -OCH3 is 1. The molecule has 5 atom stereocenters. The van der Waals surface area contributed by atoms with E-state index in [4.69, 9.17) is 28.8 Å². The Morgan fingerprint density at radius 2 is 1.60 bits per heavy atom. The number of nitrogens with one attached hydrogen (secondary N) is 1. The lowest BCUT2D eigenvalue weighted by molar-refractivity contribution is -0.119. The number of benzene rings is 4. The lowest BCUT2D eigenvalue weighted by Gasteiger charge is -2.50. The Bertz CT molecular complexity index is 2000. The minimum atomic E-state index is -3.98. The van der Waals surface area contributed by atoms with E-state index >= 15 is 0 Å². The first-order chi connectivity index (χ1) is 26.6. The van der Waals surface area contributed by atoms with E-state index in [0.717, 1.165) is 49.7 Å². The summed E-state index contributed by atoms with van der Waals surface area (Å²) in [5, 5.41) is 13.2. The van der Waals surface area contributed by atoms with Crippen molar-refractivity contribution in [2.75, 3.05) is 19.0 Å². The Hall–Kier alpha value is -4.67. The second-order valence-corrected chi connectivity index (χ2v) is 16.6. The molecule has 0 aromatic heterocycles. The van der Waals surface area contributed by atoms with Gasteiger partial charge in [-0.1, -0.05) is 73.7 Å². The molecule has 2 amide bonds. The summed E-state index contributed by atoms with van der Waals surface area (Å²) < 4.78 is 43.5. The SMILES string of the molecule is COc1ccc(NC(=O)CCO[C@H]2CCC3C4CCc5cc(OP(=O)(OCc6ccccc6)OCc6ccccc6)ccc5C4CC[C@@]32C)c(O)c1C(N)=O. The number of phosphoric acid groups is 1. The molecule has 0 spiro atoms. The van der Waals surface area contributed by atoms with Gasteiger partial charge in [0.1, 0.15) is 17.1 Å². The summed E-state index contributed by atoms with van der Waals surface area (Å²) in [5.41, 5.74) is 9.60. The minimum Gasteiger partial charge on any atom is -0.505 e. The highest BCUT2D eigenvalue weighted by molar-refractivity contribution is 7.48. The van der Waals surface area contributed by atoms with Crippen LogP contribution in [0.15, 0.2) is 91.0 Å². The van der Waals surface area contributed by atoms with E-state index in [9.17, 15) is 19.3 Å². The molecule has 2 saturated carbocycles. The van der Waals surface area contributed by atoms with Crippen LogP contribution >= 0.6 is 7.82 Å². The quantitative estimate of drug-likeness (QED) is 0.0796. The monoisotopic (exact) mass is 768 g/mol. The van der Waals surface area contributed by atoms with Gasteiger partial charge >= 0.3 is 7.82 Å². The second-order valence-electron chi connectivity index (χ2n) is 15.0. The van der Waals surface area contributed by atoms with Gasteiger partial charge in [0.05, 0.1) is 45.1 Å². The summed E-state index contributed by atoms with van der Waals surface area (Å²) in [6.45, 7) is 2.77. The van der Waals surface area contributed by atoms with Crippen LogP contribution in [0.4, 0.5) is 5.69 Å². The highest BCUT2D eigenvalue weighted by Gasteiger charge is 2.55. The van der Waals surface area contributed by atoms with E-state index in [1.807, 2.05) is 72.8 Å². The molecule has 0 bridgehead atoms. The molecule has 0 heterocycles. The number of nitrogens with two attached hydrogens (primary N) is 1. The third-order valence-electron chi connectivity index (χ3n) is 11.8. The van der Waals surface area contributed by atoms with Gasteiger partial charge in [0.15, 0.2) is 5.75 Å². The highest BCUT2D eigenvalue weighted by atomic mass is 31.2. The summed E-state index contributed by atoms with van der Waals surface area (Å²) in [5.74, 6) is 0.398. The molecule has 290 valence electrons. The van der Waals surface area contributed by atoms with Gasteiger partial charge in [0.2, 0.25) is 5.91 Å². The van der Waals surface area contributed by atoms with E-state index in [0.29, 0.717) is 23.5 Å². The van der Waals surface area contributed by atoms with E-state index in [1.54, 1.807) is 0 Å². The number of carbonyl (C=O) groups is 2. The van der Waals surface area contributed by atoms with Crippen molar-refractivity contribution in [1.29, 1.82) is 0 Å². The summed E-state index contributed by atoms with van der Waals surface area (Å²) in [6, 6.07) is 28.1. The molecule has 0 saturated heterocycles. The van der Waals surface area contributed by atoms with Crippen molar-refractivity contribution in [3.8, 4) is 17.2 Å². The van der Waals surface area contributed by atoms with Gasteiger partial charge in [-0.3, -0.25) is 18.6 Å². The van der Waals surface area contributed by atoms with Crippen molar-refractivity contribution in [3.63, 3.8) is 0 Å². The van der Waals surface area contributed by atoms with Gasteiger partial charge in [-0.05, 0) is 108 Å². The number of phenols is 1. The molecule has 4 N–H and O–H groups in total. The van der Waals surface area contributed by atoms with Crippen LogP contribution in [0, 0.1) is 17.3 Å². The van der Waals surface area contributed by atoms with Crippen molar-refractivity contribution in [2.24, 2.45) is 23.0 Å². The fourth-order valence-electron chi connectivity index (χ4n) is 9.10. The Labute approximate surface area is 322 Å². The number of rotatable bonds is 15. The summed E-state index contributed by atoms with van der Waals surface area (Å²) in [6.07, 6.45) is 6.13. The number of fused-ring (bicyclic) bond motifs is 5. The lowest BCUT2D eigenvalue weighted by atomic mass is 9.55. The minimum absolute atomic E-state index is 0.00165. The first-order valence-corrected chi connectivity index (χ1v) is 20.4. The van der Waals surface area contributed by atoms with Crippen LogP contribution in [-0.4, -0.2) is 36.7 Å².